The Morgan fingerprint density at radius 2 is 2.23 bits per heavy atom. The minimum atomic E-state index is -0.959. The number of fused-ring (bicyclic) bond motifs is 1. The zero-order chi connectivity index (χ0) is 8.77. The second kappa shape index (κ2) is 3.21. The summed E-state index contributed by atoms with van der Waals surface area (Å²) in [6.45, 7) is 1.62. The summed E-state index contributed by atoms with van der Waals surface area (Å²) in [4.78, 5) is 29.6. The quantitative estimate of drug-likeness (QED) is 0.383. The number of carbonyl (C=O) groups is 2. The first-order chi connectivity index (χ1) is 5.62. The third kappa shape index (κ3) is 1.52. The molecule has 0 aromatic heterocycles. The van der Waals surface area contributed by atoms with Gasteiger partial charge in [-0.25, -0.2) is 14.8 Å². The van der Waals surface area contributed by atoms with E-state index in [4.69, 9.17) is 0 Å². The van der Waals surface area contributed by atoms with Crippen molar-refractivity contribution < 1.29 is 40.6 Å². The van der Waals surface area contributed by atoms with Crippen molar-refractivity contribution in [3.8, 4) is 0 Å². The number of nitrogens with zero attached hydrogens (tertiary/aromatic N) is 2. The molecule has 64 valence electrons. The first-order valence-electron chi connectivity index (χ1n) is 3.37. The molecule has 0 radical (unpaired) electrons. The number of carbonyl (C=O) groups excluding carboxylic acids is 2. The Balaban J connectivity index is 0.000000845. The van der Waals surface area contributed by atoms with Crippen LogP contribution in [-0.2, 0) is 4.79 Å². The fourth-order valence-electron chi connectivity index (χ4n) is 1.17. The van der Waals surface area contributed by atoms with Crippen LogP contribution in [0.1, 0.15) is 8.35 Å². The summed E-state index contributed by atoms with van der Waals surface area (Å²) in [6.07, 6.45) is 1.26. The van der Waals surface area contributed by atoms with Crippen molar-refractivity contribution in [1.29, 1.82) is 0 Å². The molecule has 2 N–H and O–H groups in total. The van der Waals surface area contributed by atoms with E-state index < -0.39 is 17.6 Å². The Hall–Kier alpha value is -0.720. The Morgan fingerprint density at radius 1 is 1.54 bits per heavy atom. The van der Waals surface area contributed by atoms with Crippen LogP contribution in [-0.4, -0.2) is 29.7 Å². The fraction of sp³-hybridized carbons (Fsp3) is 0.333. The molecular weight excluding hydrogens is 183 g/mol. The zero-order valence-corrected chi connectivity index (χ0v) is 9.29. The van der Waals surface area contributed by atoms with Crippen molar-refractivity contribution in [2.45, 2.75) is 12.6 Å². The SMILES string of the molecule is CC12N=CN=C1C(=O)NC(=O)N2.[H-].[Na+]. The van der Waals surface area contributed by atoms with Crippen LogP contribution in [0.4, 0.5) is 4.79 Å². The summed E-state index contributed by atoms with van der Waals surface area (Å²) in [5, 5.41) is 4.56. The van der Waals surface area contributed by atoms with Gasteiger partial charge in [-0.1, -0.05) is 0 Å². The van der Waals surface area contributed by atoms with Crippen LogP contribution in [0.15, 0.2) is 9.98 Å². The van der Waals surface area contributed by atoms with Gasteiger partial charge in [0, 0.05) is 0 Å². The fourth-order valence-corrected chi connectivity index (χ4v) is 1.17. The minimum Gasteiger partial charge on any atom is -1.00 e. The second-order valence-electron chi connectivity index (χ2n) is 2.70. The Labute approximate surface area is 97.7 Å². The number of aliphatic imine (C=N–C) groups is 2. The summed E-state index contributed by atoms with van der Waals surface area (Å²) >= 11 is 0. The molecule has 0 aliphatic carbocycles. The van der Waals surface area contributed by atoms with Crippen molar-refractivity contribution in [1.82, 2.24) is 10.6 Å². The molecule has 1 atom stereocenters. The van der Waals surface area contributed by atoms with Gasteiger partial charge in [0.1, 0.15) is 6.34 Å². The number of amides is 3. The van der Waals surface area contributed by atoms with E-state index in [1.165, 1.54) is 6.34 Å². The van der Waals surface area contributed by atoms with Gasteiger partial charge in [0.15, 0.2) is 11.4 Å². The van der Waals surface area contributed by atoms with E-state index in [-0.39, 0.29) is 36.7 Å². The van der Waals surface area contributed by atoms with Gasteiger partial charge < -0.3 is 6.74 Å². The van der Waals surface area contributed by atoms with Gasteiger partial charge in [-0.2, -0.15) is 0 Å². The number of rotatable bonds is 0. The van der Waals surface area contributed by atoms with Crippen LogP contribution in [0.5, 0.6) is 0 Å². The van der Waals surface area contributed by atoms with E-state index >= 15 is 0 Å². The average Bonchev–Trinajstić information content (AvgIpc) is 2.29. The number of hydrogen-bond donors (Lipinski definition) is 2. The van der Waals surface area contributed by atoms with Crippen molar-refractivity contribution >= 4 is 24.0 Å². The minimum absolute atomic E-state index is 0. The van der Waals surface area contributed by atoms with Gasteiger partial charge in [-0.05, 0) is 6.92 Å². The molecule has 2 rings (SSSR count). The van der Waals surface area contributed by atoms with E-state index in [0.717, 1.165) is 0 Å². The molecule has 6 nitrogen and oxygen atoms in total. The maximum absolute atomic E-state index is 11.1. The van der Waals surface area contributed by atoms with Crippen molar-refractivity contribution in [2.75, 3.05) is 0 Å². The van der Waals surface area contributed by atoms with Gasteiger partial charge in [0.25, 0.3) is 5.91 Å². The van der Waals surface area contributed by atoms with Crippen LogP contribution in [0, 0.1) is 0 Å². The summed E-state index contributed by atoms with van der Waals surface area (Å²) < 4.78 is 0. The molecule has 1 saturated heterocycles. The number of nitrogens with one attached hydrogen (secondary N) is 2. The Morgan fingerprint density at radius 3 is 2.92 bits per heavy atom. The van der Waals surface area contributed by atoms with Crippen molar-refractivity contribution in [3.05, 3.63) is 0 Å². The Kier molecular flexibility index (Phi) is 2.56. The van der Waals surface area contributed by atoms with Gasteiger partial charge >= 0.3 is 35.6 Å². The molecule has 0 saturated carbocycles. The predicted octanol–water partition coefficient (Wildman–Crippen LogP) is -3.86. The molecule has 2 aliphatic rings. The third-order valence-corrected chi connectivity index (χ3v) is 1.76. The summed E-state index contributed by atoms with van der Waals surface area (Å²) in [5.74, 6) is -0.487. The topological polar surface area (TPSA) is 82.9 Å². The third-order valence-electron chi connectivity index (χ3n) is 1.76. The van der Waals surface area contributed by atoms with Crippen molar-refractivity contribution in [3.63, 3.8) is 0 Å². The maximum Gasteiger partial charge on any atom is 1.00 e. The van der Waals surface area contributed by atoms with Crippen LogP contribution in [0.2, 0.25) is 0 Å². The molecule has 2 heterocycles. The molecule has 2 aliphatic heterocycles. The first kappa shape index (κ1) is 10.4. The van der Waals surface area contributed by atoms with Gasteiger partial charge in [0.05, 0.1) is 0 Å². The molecule has 1 fully saturated rings. The van der Waals surface area contributed by atoms with Crippen LogP contribution in [0.3, 0.4) is 0 Å². The molecule has 0 spiro atoms. The van der Waals surface area contributed by atoms with E-state index in [1.54, 1.807) is 6.92 Å². The molecule has 0 aromatic carbocycles. The number of urea groups is 1. The van der Waals surface area contributed by atoms with Crippen LogP contribution < -0.4 is 40.2 Å². The summed E-state index contributed by atoms with van der Waals surface area (Å²) in [6, 6.07) is -0.541. The maximum atomic E-state index is 11.1. The number of hydrogen-bond acceptors (Lipinski definition) is 4. The standard InChI is InChI=1S/C6H6N4O2.Na.H/c1-6-3(7-2-8-6)4(11)9-5(12)10-6;;/h2H,1H3,(H2,9,10,11,12);;/q;+1;-1. The van der Waals surface area contributed by atoms with Gasteiger partial charge in [0.2, 0.25) is 0 Å². The smallest absolute Gasteiger partial charge is 1.00 e. The molecule has 7 heteroatoms. The normalized spacial score (nSPS) is 29.8. The summed E-state index contributed by atoms with van der Waals surface area (Å²) in [5.41, 5.74) is -0.735. The molecule has 0 bridgehead atoms. The molecular formula is C6H7N4NaO2. The van der Waals surface area contributed by atoms with Gasteiger partial charge in [-0.15, -0.1) is 0 Å². The monoisotopic (exact) mass is 190 g/mol. The average molecular weight is 190 g/mol. The van der Waals surface area contributed by atoms with Gasteiger partial charge in [-0.3, -0.25) is 10.1 Å². The van der Waals surface area contributed by atoms with Crippen molar-refractivity contribution in [2.24, 2.45) is 9.98 Å². The number of imide groups is 1. The Bertz CT molecular complexity index is 343. The van der Waals surface area contributed by atoms with Crippen LogP contribution in [0.25, 0.3) is 0 Å². The van der Waals surface area contributed by atoms with E-state index in [1.807, 2.05) is 0 Å². The van der Waals surface area contributed by atoms with E-state index in [0.29, 0.717) is 0 Å². The van der Waals surface area contributed by atoms with Crippen LogP contribution >= 0.6 is 0 Å². The largest absolute Gasteiger partial charge is 1.00 e. The first-order valence-corrected chi connectivity index (χ1v) is 3.37. The predicted molar refractivity (Wildman–Crippen MR) is 42.1 cm³/mol. The molecule has 13 heavy (non-hydrogen) atoms. The molecule has 0 aromatic rings. The second-order valence-corrected chi connectivity index (χ2v) is 2.70. The van der Waals surface area contributed by atoms with E-state index in [2.05, 4.69) is 20.6 Å². The molecule has 1 unspecified atom stereocenters. The van der Waals surface area contributed by atoms with E-state index in [9.17, 15) is 9.59 Å². The summed E-state index contributed by atoms with van der Waals surface area (Å²) in [7, 11) is 0. The molecule has 3 amide bonds. The zero-order valence-electron chi connectivity index (χ0n) is 8.29.